The van der Waals surface area contributed by atoms with E-state index in [1.165, 1.54) is 96.3 Å². The van der Waals surface area contributed by atoms with Crippen LogP contribution in [0.2, 0.25) is 0 Å². The number of aliphatic hydroxyl groups is 5. The van der Waals surface area contributed by atoms with Crippen LogP contribution in [0.25, 0.3) is 0 Å². The third-order valence-electron chi connectivity index (χ3n) is 8.77. The molecule has 1 heterocycles. The smallest absolute Gasteiger partial charge is 0.345 e. The summed E-state index contributed by atoms with van der Waals surface area (Å²) < 4.78 is 14.6. The average molecular weight is 717 g/mol. The number of hydrogen-bond acceptors (Lipinski definition) is 11. The number of allylic oxidation sites excluding steroid dienone is 2. The predicted octanol–water partition coefficient (Wildman–Crippen LogP) is 6.38. The summed E-state index contributed by atoms with van der Waals surface area (Å²) in [5.74, 6) is -2.06. The van der Waals surface area contributed by atoms with Gasteiger partial charge in [-0.1, -0.05) is 129 Å². The first-order valence-corrected chi connectivity index (χ1v) is 19.7. The van der Waals surface area contributed by atoms with Crippen molar-refractivity contribution in [1.82, 2.24) is 0 Å². The molecule has 294 valence electrons. The van der Waals surface area contributed by atoms with Crippen LogP contribution >= 0.6 is 0 Å². The molecule has 1 unspecified atom stereocenters. The van der Waals surface area contributed by atoms with Crippen LogP contribution in [0.1, 0.15) is 168 Å². The summed E-state index contributed by atoms with van der Waals surface area (Å²) in [6, 6.07) is 0. The molecule has 0 spiro atoms. The Bertz CT molecular complexity index is 850. The lowest BCUT2D eigenvalue weighted by Gasteiger charge is -2.20. The molecule has 11 heteroatoms. The maximum atomic E-state index is 11.7. The Hall–Kier alpha value is -1.89. The number of aliphatic hydroxyl groups excluding tert-OH is 5. The van der Waals surface area contributed by atoms with Gasteiger partial charge in [0.25, 0.3) is 0 Å². The molecular weight excluding hydrogens is 644 g/mol. The van der Waals surface area contributed by atoms with E-state index < -0.39 is 49.1 Å². The van der Waals surface area contributed by atoms with Gasteiger partial charge in [0.1, 0.15) is 31.0 Å². The second kappa shape index (κ2) is 34.2. The molecule has 1 aliphatic rings. The summed E-state index contributed by atoms with van der Waals surface area (Å²) in [7, 11) is 0. The van der Waals surface area contributed by atoms with Crippen LogP contribution in [-0.2, 0) is 28.6 Å². The summed E-state index contributed by atoms with van der Waals surface area (Å²) in [5, 5.41) is 46.4. The highest BCUT2D eigenvalue weighted by Gasteiger charge is 2.39. The number of rotatable bonds is 30. The summed E-state index contributed by atoms with van der Waals surface area (Å²) in [6.45, 7) is 3.47. The van der Waals surface area contributed by atoms with Crippen molar-refractivity contribution in [3.8, 4) is 0 Å². The fourth-order valence-corrected chi connectivity index (χ4v) is 5.54. The number of ether oxygens (including phenoxy) is 3. The molecule has 0 radical (unpaired) electrons. The zero-order chi connectivity index (χ0) is 37.2. The molecule has 1 fully saturated rings. The van der Waals surface area contributed by atoms with E-state index in [1.807, 2.05) is 0 Å². The van der Waals surface area contributed by atoms with E-state index in [9.17, 15) is 29.7 Å². The van der Waals surface area contributed by atoms with Crippen molar-refractivity contribution < 1.29 is 54.1 Å². The Labute approximate surface area is 302 Å². The van der Waals surface area contributed by atoms with Gasteiger partial charge in [0.15, 0.2) is 6.10 Å². The quantitative estimate of drug-likeness (QED) is 0.0241. The van der Waals surface area contributed by atoms with Crippen molar-refractivity contribution in [2.75, 3.05) is 19.8 Å². The molecule has 5 N–H and O–H groups in total. The molecule has 0 aromatic rings. The zero-order valence-electron chi connectivity index (χ0n) is 31.3. The molecule has 1 aliphatic heterocycles. The topological polar surface area (TPSA) is 180 Å². The summed E-state index contributed by atoms with van der Waals surface area (Å²) in [5.41, 5.74) is 0. The van der Waals surface area contributed by atoms with Gasteiger partial charge in [-0.05, 0) is 38.5 Å². The molecule has 0 aromatic heterocycles. The molecule has 1 saturated heterocycles. The van der Waals surface area contributed by atoms with Crippen LogP contribution in [-0.4, -0.2) is 93.8 Å². The van der Waals surface area contributed by atoms with Gasteiger partial charge in [0.05, 0.1) is 13.2 Å². The third-order valence-corrected chi connectivity index (χ3v) is 8.77. The third kappa shape index (κ3) is 27.8. The first-order valence-electron chi connectivity index (χ1n) is 19.7. The normalized spacial score (nSPS) is 18.4. The standard InChI is InChI=1S/C24H44O6.C15H28O5/c1-2-3-4-5-6-7-8-9-10-11-12-13-14-15-16-17-22(27)29-19-21(26)24-23(28)20(25)18-30-24;1-2-3-4-5-6-7-8-9-10-11-14(18)20-15(19)13(17)12-16/h9-10,20-21,23-26,28H,2-8,11-19H2,1H3;13,16-17H,2-12H2,1H3/b10-9-;/t20-,21+,23+,24+;/m0./s1. The van der Waals surface area contributed by atoms with Crippen LogP contribution in [0.4, 0.5) is 0 Å². The second-order valence-corrected chi connectivity index (χ2v) is 13.5. The minimum atomic E-state index is -1.62. The van der Waals surface area contributed by atoms with Gasteiger partial charge in [-0.25, -0.2) is 4.79 Å². The lowest BCUT2D eigenvalue weighted by molar-refractivity contribution is -0.167. The molecule has 0 aromatic carbocycles. The Morgan fingerprint density at radius 3 is 1.56 bits per heavy atom. The number of esters is 3. The summed E-state index contributed by atoms with van der Waals surface area (Å²) in [4.78, 5) is 34.0. The van der Waals surface area contributed by atoms with Crippen molar-refractivity contribution >= 4 is 17.9 Å². The van der Waals surface area contributed by atoms with E-state index in [0.717, 1.165) is 38.5 Å². The van der Waals surface area contributed by atoms with Crippen LogP contribution in [0, 0.1) is 0 Å². The molecule has 5 atom stereocenters. The zero-order valence-corrected chi connectivity index (χ0v) is 31.3. The van der Waals surface area contributed by atoms with Crippen molar-refractivity contribution in [3.63, 3.8) is 0 Å². The van der Waals surface area contributed by atoms with E-state index in [1.54, 1.807) is 0 Å². The lowest BCUT2D eigenvalue weighted by atomic mass is 10.1. The number of carbonyl (C=O) groups is 3. The van der Waals surface area contributed by atoms with Crippen LogP contribution in [0.3, 0.4) is 0 Å². The Morgan fingerprint density at radius 1 is 0.680 bits per heavy atom. The summed E-state index contributed by atoms with van der Waals surface area (Å²) >= 11 is 0. The van der Waals surface area contributed by atoms with Crippen LogP contribution < -0.4 is 0 Å². The van der Waals surface area contributed by atoms with Crippen LogP contribution in [0.5, 0.6) is 0 Å². The van der Waals surface area contributed by atoms with Gasteiger partial charge in [0, 0.05) is 12.8 Å². The van der Waals surface area contributed by atoms with Gasteiger partial charge in [0.2, 0.25) is 0 Å². The fourth-order valence-electron chi connectivity index (χ4n) is 5.54. The lowest BCUT2D eigenvalue weighted by Crippen LogP contribution is -2.41. The number of carbonyl (C=O) groups excluding carboxylic acids is 3. The van der Waals surface area contributed by atoms with Gasteiger partial charge < -0.3 is 39.7 Å². The molecule has 1 rings (SSSR count). The highest BCUT2D eigenvalue weighted by atomic mass is 16.6. The van der Waals surface area contributed by atoms with E-state index in [-0.39, 0.29) is 25.6 Å². The van der Waals surface area contributed by atoms with E-state index in [0.29, 0.717) is 12.8 Å². The maximum Gasteiger partial charge on any atom is 0.345 e. The first-order chi connectivity index (χ1) is 24.2. The first kappa shape index (κ1) is 48.1. The largest absolute Gasteiger partial charge is 0.463 e. The van der Waals surface area contributed by atoms with Gasteiger partial charge in [-0.3, -0.25) is 9.59 Å². The summed E-state index contributed by atoms with van der Waals surface area (Å²) in [6.07, 6.45) is 25.3. The van der Waals surface area contributed by atoms with Gasteiger partial charge >= 0.3 is 17.9 Å². The fraction of sp³-hybridized carbons (Fsp3) is 0.872. The van der Waals surface area contributed by atoms with Crippen molar-refractivity contribution in [2.24, 2.45) is 0 Å². The maximum absolute atomic E-state index is 11.7. The minimum Gasteiger partial charge on any atom is -0.463 e. The molecule has 50 heavy (non-hydrogen) atoms. The highest BCUT2D eigenvalue weighted by Crippen LogP contribution is 2.18. The van der Waals surface area contributed by atoms with Crippen molar-refractivity contribution in [2.45, 2.75) is 198 Å². The number of hydrogen-bond donors (Lipinski definition) is 5. The molecule has 11 nitrogen and oxygen atoms in total. The predicted molar refractivity (Wildman–Crippen MR) is 194 cm³/mol. The SMILES string of the molecule is CCCCCCCC/C=C\CCCCCCCC(=O)OC[C@@H](O)[C@H]1OC[C@H](O)[C@H]1O.CCCCCCCCCCCC(=O)OC(=O)C(O)CO. The van der Waals surface area contributed by atoms with E-state index >= 15 is 0 Å². The van der Waals surface area contributed by atoms with E-state index in [2.05, 4.69) is 30.7 Å². The van der Waals surface area contributed by atoms with E-state index in [4.69, 9.17) is 19.7 Å². The Morgan fingerprint density at radius 2 is 1.12 bits per heavy atom. The van der Waals surface area contributed by atoms with Crippen LogP contribution in [0.15, 0.2) is 12.2 Å². The van der Waals surface area contributed by atoms with Gasteiger partial charge in [-0.15, -0.1) is 0 Å². The second-order valence-electron chi connectivity index (χ2n) is 13.5. The van der Waals surface area contributed by atoms with Crippen molar-refractivity contribution in [3.05, 3.63) is 12.2 Å². The molecule has 0 aliphatic carbocycles. The molecular formula is C39H72O11. The Balaban J connectivity index is 0.00000105. The van der Waals surface area contributed by atoms with Gasteiger partial charge in [-0.2, -0.15) is 0 Å². The number of unbranched alkanes of at least 4 members (excludes halogenated alkanes) is 19. The molecule has 0 bridgehead atoms. The van der Waals surface area contributed by atoms with Crippen molar-refractivity contribution in [1.29, 1.82) is 0 Å². The minimum absolute atomic E-state index is 0.0221. The highest BCUT2D eigenvalue weighted by molar-refractivity contribution is 5.87. The molecule has 0 amide bonds. The average Bonchev–Trinajstić information content (AvgIpc) is 3.45. The Kier molecular flexibility index (Phi) is 32.9. The monoisotopic (exact) mass is 717 g/mol. The molecule has 0 saturated carbocycles.